The van der Waals surface area contributed by atoms with Gasteiger partial charge in [-0.05, 0) is 43.3 Å². The van der Waals surface area contributed by atoms with Crippen LogP contribution in [0.3, 0.4) is 0 Å². The molecule has 0 aliphatic heterocycles. The van der Waals surface area contributed by atoms with E-state index in [2.05, 4.69) is 10.3 Å². The number of nitrogens with one attached hydrogen (secondary N) is 1. The van der Waals surface area contributed by atoms with Crippen LogP contribution in [0.15, 0.2) is 41.3 Å². The van der Waals surface area contributed by atoms with Crippen LogP contribution in [0.1, 0.15) is 16.1 Å². The largest absolute Gasteiger partial charge is 0.322 e. The Bertz CT molecular complexity index is 769. The Morgan fingerprint density at radius 3 is 2.38 bits per heavy atom. The molecule has 2 rings (SSSR count). The lowest BCUT2D eigenvalue weighted by molar-refractivity contribution is 0.102. The van der Waals surface area contributed by atoms with Gasteiger partial charge in [-0.25, -0.2) is 18.5 Å². The number of pyridine rings is 1. The number of aryl methyl sites for hydroxylation is 1. The molecule has 0 aliphatic carbocycles. The molecule has 0 fully saturated rings. The van der Waals surface area contributed by atoms with Crippen LogP contribution >= 0.6 is 11.6 Å². The van der Waals surface area contributed by atoms with E-state index in [0.29, 0.717) is 16.9 Å². The summed E-state index contributed by atoms with van der Waals surface area (Å²) >= 11 is 5.80. The van der Waals surface area contributed by atoms with Crippen molar-refractivity contribution >= 4 is 33.2 Å². The SMILES string of the molecule is Cc1cc(C(=O)Nc2ccc(S(N)(=O)=O)cc2)cc(Cl)n1. The summed E-state index contributed by atoms with van der Waals surface area (Å²) in [4.78, 5) is 16.0. The monoisotopic (exact) mass is 325 g/mol. The molecule has 1 aromatic carbocycles. The number of hydrogen-bond acceptors (Lipinski definition) is 4. The van der Waals surface area contributed by atoms with E-state index >= 15 is 0 Å². The van der Waals surface area contributed by atoms with Gasteiger partial charge in [0, 0.05) is 16.9 Å². The van der Waals surface area contributed by atoms with E-state index in [4.69, 9.17) is 16.7 Å². The number of halogens is 1. The number of sulfonamides is 1. The molecule has 21 heavy (non-hydrogen) atoms. The predicted octanol–water partition coefficient (Wildman–Crippen LogP) is 1.94. The topological polar surface area (TPSA) is 102 Å². The highest BCUT2D eigenvalue weighted by Gasteiger charge is 2.10. The number of amides is 1. The van der Waals surface area contributed by atoms with E-state index in [1.807, 2.05) is 0 Å². The van der Waals surface area contributed by atoms with Crippen LogP contribution in [0.5, 0.6) is 0 Å². The van der Waals surface area contributed by atoms with Crippen LogP contribution in [-0.4, -0.2) is 19.3 Å². The van der Waals surface area contributed by atoms with Gasteiger partial charge in [-0.2, -0.15) is 0 Å². The molecule has 0 saturated heterocycles. The molecule has 0 atom stereocenters. The van der Waals surface area contributed by atoms with E-state index in [1.54, 1.807) is 13.0 Å². The highest BCUT2D eigenvalue weighted by molar-refractivity contribution is 7.89. The Kier molecular flexibility index (Phi) is 4.26. The van der Waals surface area contributed by atoms with Crippen LogP contribution in [0.25, 0.3) is 0 Å². The Morgan fingerprint density at radius 1 is 1.24 bits per heavy atom. The summed E-state index contributed by atoms with van der Waals surface area (Å²) in [7, 11) is -3.75. The van der Waals surface area contributed by atoms with Gasteiger partial charge < -0.3 is 5.32 Å². The number of primary sulfonamides is 1. The number of nitrogens with two attached hydrogens (primary N) is 1. The van der Waals surface area contributed by atoms with Crippen molar-refractivity contribution in [1.29, 1.82) is 0 Å². The molecule has 1 heterocycles. The number of benzene rings is 1. The number of rotatable bonds is 3. The zero-order chi connectivity index (χ0) is 15.6. The van der Waals surface area contributed by atoms with Crippen LogP contribution in [0, 0.1) is 6.92 Å². The van der Waals surface area contributed by atoms with E-state index in [-0.39, 0.29) is 16.0 Å². The fraction of sp³-hybridized carbons (Fsp3) is 0.0769. The quantitative estimate of drug-likeness (QED) is 0.842. The van der Waals surface area contributed by atoms with E-state index < -0.39 is 10.0 Å². The number of aromatic nitrogens is 1. The minimum absolute atomic E-state index is 0.0247. The summed E-state index contributed by atoms with van der Waals surface area (Å²) in [5.41, 5.74) is 1.43. The number of anilines is 1. The van der Waals surface area contributed by atoms with Crippen LogP contribution in [0.4, 0.5) is 5.69 Å². The van der Waals surface area contributed by atoms with Crippen molar-refractivity contribution in [3.05, 3.63) is 52.8 Å². The lowest BCUT2D eigenvalue weighted by Gasteiger charge is -2.07. The van der Waals surface area contributed by atoms with Crippen LogP contribution in [0.2, 0.25) is 5.15 Å². The summed E-state index contributed by atoms with van der Waals surface area (Å²) in [6.45, 7) is 1.73. The highest BCUT2D eigenvalue weighted by atomic mass is 35.5. The van der Waals surface area contributed by atoms with E-state index in [9.17, 15) is 13.2 Å². The minimum Gasteiger partial charge on any atom is -0.322 e. The second-order valence-electron chi connectivity index (χ2n) is 4.34. The van der Waals surface area contributed by atoms with Crippen molar-refractivity contribution in [3.8, 4) is 0 Å². The fourth-order valence-corrected chi connectivity index (χ4v) is 2.46. The summed E-state index contributed by atoms with van der Waals surface area (Å²) in [6.07, 6.45) is 0. The highest BCUT2D eigenvalue weighted by Crippen LogP contribution is 2.15. The Balaban J connectivity index is 2.20. The summed E-state index contributed by atoms with van der Waals surface area (Å²) in [6, 6.07) is 8.58. The maximum absolute atomic E-state index is 12.1. The minimum atomic E-state index is -3.75. The predicted molar refractivity (Wildman–Crippen MR) is 79.8 cm³/mol. The Labute approximate surface area is 127 Å². The lowest BCUT2D eigenvalue weighted by Crippen LogP contribution is -2.14. The first-order chi connectivity index (χ1) is 9.75. The first-order valence-corrected chi connectivity index (χ1v) is 7.76. The van der Waals surface area contributed by atoms with Crippen LogP contribution < -0.4 is 10.5 Å². The number of nitrogens with zero attached hydrogens (tertiary/aromatic N) is 1. The average Bonchev–Trinajstić information content (AvgIpc) is 2.37. The molecule has 0 spiro atoms. The van der Waals surface area contributed by atoms with Gasteiger partial charge in [-0.15, -0.1) is 0 Å². The summed E-state index contributed by atoms with van der Waals surface area (Å²) in [5, 5.41) is 7.85. The molecule has 110 valence electrons. The molecule has 6 nitrogen and oxygen atoms in total. The number of carbonyl (C=O) groups excluding carboxylic acids is 1. The van der Waals surface area contributed by atoms with Gasteiger partial charge in [-0.3, -0.25) is 4.79 Å². The molecule has 2 aromatic rings. The van der Waals surface area contributed by atoms with Crippen molar-refractivity contribution in [3.63, 3.8) is 0 Å². The normalized spacial score (nSPS) is 11.2. The molecule has 3 N–H and O–H groups in total. The van der Waals surface area contributed by atoms with E-state index in [0.717, 1.165) is 0 Å². The second kappa shape index (κ2) is 5.80. The van der Waals surface area contributed by atoms with Crippen molar-refractivity contribution in [1.82, 2.24) is 4.98 Å². The van der Waals surface area contributed by atoms with Gasteiger partial charge in [0.25, 0.3) is 5.91 Å². The van der Waals surface area contributed by atoms with Crippen molar-refractivity contribution in [2.75, 3.05) is 5.32 Å². The standard InChI is InChI=1S/C13H12ClN3O3S/c1-8-6-9(7-12(14)16-8)13(18)17-10-2-4-11(5-3-10)21(15,19)20/h2-7H,1H3,(H,17,18)(H2,15,19,20). The third kappa shape index (κ3) is 4.01. The van der Waals surface area contributed by atoms with Gasteiger partial charge in [0.15, 0.2) is 0 Å². The zero-order valence-corrected chi connectivity index (χ0v) is 12.6. The van der Waals surface area contributed by atoms with Gasteiger partial charge in [-0.1, -0.05) is 11.6 Å². The molecule has 0 bridgehead atoms. The fourth-order valence-electron chi connectivity index (χ4n) is 1.69. The zero-order valence-electron chi connectivity index (χ0n) is 11.0. The van der Waals surface area contributed by atoms with Gasteiger partial charge in [0.05, 0.1) is 4.90 Å². The summed E-state index contributed by atoms with van der Waals surface area (Å²) < 4.78 is 22.3. The molecule has 0 saturated carbocycles. The average molecular weight is 326 g/mol. The first-order valence-electron chi connectivity index (χ1n) is 5.84. The number of carbonyl (C=O) groups is 1. The molecule has 0 aliphatic rings. The third-order valence-corrected chi connectivity index (χ3v) is 3.75. The molecular formula is C13H12ClN3O3S. The van der Waals surface area contributed by atoms with Gasteiger partial charge in [0.2, 0.25) is 10.0 Å². The third-order valence-electron chi connectivity index (χ3n) is 2.63. The molecule has 8 heteroatoms. The Hall–Kier alpha value is -1.96. The molecule has 1 amide bonds. The summed E-state index contributed by atoms with van der Waals surface area (Å²) in [5.74, 6) is -0.370. The smallest absolute Gasteiger partial charge is 0.255 e. The van der Waals surface area contributed by atoms with Crippen molar-refractivity contribution in [2.45, 2.75) is 11.8 Å². The maximum atomic E-state index is 12.1. The first kappa shape index (κ1) is 15.4. The van der Waals surface area contributed by atoms with Crippen LogP contribution in [-0.2, 0) is 10.0 Å². The van der Waals surface area contributed by atoms with Gasteiger partial charge >= 0.3 is 0 Å². The molecule has 0 radical (unpaired) electrons. The molecule has 0 unspecified atom stereocenters. The lowest BCUT2D eigenvalue weighted by atomic mass is 10.2. The Morgan fingerprint density at radius 2 is 1.86 bits per heavy atom. The number of hydrogen-bond donors (Lipinski definition) is 2. The molecule has 1 aromatic heterocycles. The second-order valence-corrected chi connectivity index (χ2v) is 6.29. The van der Waals surface area contributed by atoms with Crippen molar-refractivity contribution in [2.24, 2.45) is 5.14 Å². The maximum Gasteiger partial charge on any atom is 0.255 e. The van der Waals surface area contributed by atoms with Gasteiger partial charge in [0.1, 0.15) is 5.15 Å². The van der Waals surface area contributed by atoms with Crippen molar-refractivity contribution < 1.29 is 13.2 Å². The molecular weight excluding hydrogens is 314 g/mol. The van der Waals surface area contributed by atoms with E-state index in [1.165, 1.54) is 30.3 Å².